The van der Waals surface area contributed by atoms with E-state index in [1.54, 1.807) is 0 Å². The van der Waals surface area contributed by atoms with Crippen molar-refractivity contribution >= 4 is 34.7 Å². The summed E-state index contributed by atoms with van der Waals surface area (Å²) >= 11 is 0.972. The van der Waals surface area contributed by atoms with E-state index in [1.165, 1.54) is 7.05 Å². The van der Waals surface area contributed by atoms with E-state index < -0.39 is 5.97 Å². The van der Waals surface area contributed by atoms with Gasteiger partial charge in [0.15, 0.2) is 5.12 Å². The molecule has 0 aliphatic carbocycles. The quantitative estimate of drug-likeness (QED) is 0.101. The average Bonchev–Trinajstić information content (AvgIpc) is 2.79. The van der Waals surface area contributed by atoms with Crippen LogP contribution in [0.1, 0.15) is 6.42 Å². The zero-order valence-corrected chi connectivity index (χ0v) is 19.2. The van der Waals surface area contributed by atoms with Gasteiger partial charge in [0, 0.05) is 20.0 Å². The van der Waals surface area contributed by atoms with Crippen molar-refractivity contribution in [3.8, 4) is 0 Å². The van der Waals surface area contributed by atoms with Crippen molar-refractivity contribution in [2.45, 2.75) is 6.42 Å². The highest BCUT2D eigenvalue weighted by molar-refractivity contribution is 8.14. The minimum absolute atomic E-state index is 0.0878. The van der Waals surface area contributed by atoms with Crippen LogP contribution < -0.4 is 21.8 Å². The number of amides is 2. The Bertz CT molecular complexity index is 541. The molecule has 0 saturated carbocycles. The number of hydrogen-bond donors (Lipinski definition) is 4. The Hall–Kier alpha value is -1.81. The third-order valence-corrected chi connectivity index (χ3v) is 4.30. The topological polar surface area (TPSA) is 177 Å². The van der Waals surface area contributed by atoms with Crippen molar-refractivity contribution in [2.75, 3.05) is 85.3 Å². The number of rotatable bonds is 21. The zero-order chi connectivity index (χ0) is 23.9. The minimum atomic E-state index is -0.654. The summed E-state index contributed by atoms with van der Waals surface area (Å²) in [5.74, 6) is -1.07. The molecule has 0 aromatic heterocycles. The Balaban J connectivity index is 3.25. The van der Waals surface area contributed by atoms with Crippen LogP contribution >= 0.6 is 11.8 Å². The summed E-state index contributed by atoms with van der Waals surface area (Å²) in [6, 6.07) is 0. The third kappa shape index (κ3) is 21.4. The number of ether oxygens (including phenoxy) is 4. The molecule has 0 fully saturated rings. The smallest absolute Gasteiger partial charge is 0.338 e. The van der Waals surface area contributed by atoms with E-state index in [-0.39, 0.29) is 48.8 Å². The first kappa shape index (κ1) is 30.2. The van der Waals surface area contributed by atoms with Crippen molar-refractivity contribution in [2.24, 2.45) is 5.73 Å². The van der Waals surface area contributed by atoms with E-state index in [1.807, 2.05) is 0 Å². The highest BCUT2D eigenvalue weighted by Crippen LogP contribution is 2.04. The molecule has 0 atom stereocenters. The summed E-state index contributed by atoms with van der Waals surface area (Å²) in [4.78, 5) is 49.1. The molecule has 186 valence electrons. The second kappa shape index (κ2) is 22.4. The van der Waals surface area contributed by atoms with Crippen LogP contribution in [0.5, 0.6) is 0 Å². The molecule has 0 rings (SSSR count). The van der Waals surface area contributed by atoms with Gasteiger partial charge in [-0.3, -0.25) is 14.4 Å². The maximum atomic E-state index is 11.5. The predicted octanol–water partition coefficient (Wildman–Crippen LogP) is -2.43. The number of hydroxylamine groups is 1. The molecule has 14 heteroatoms. The molecule has 0 aliphatic rings. The van der Waals surface area contributed by atoms with Gasteiger partial charge in [0.2, 0.25) is 11.8 Å². The summed E-state index contributed by atoms with van der Waals surface area (Å²) < 4.78 is 21.3. The number of nitrogens with two attached hydrogens (primary N) is 1. The van der Waals surface area contributed by atoms with Gasteiger partial charge in [-0.25, -0.2) is 4.79 Å². The Kier molecular flexibility index (Phi) is 21.1. The lowest BCUT2D eigenvalue weighted by molar-refractivity contribution is -0.150. The highest BCUT2D eigenvalue weighted by atomic mass is 32.2. The molecule has 0 bridgehead atoms. The van der Waals surface area contributed by atoms with Crippen LogP contribution in [0, 0.1) is 0 Å². The average molecular weight is 483 g/mol. The Morgan fingerprint density at radius 1 is 0.812 bits per heavy atom. The maximum Gasteiger partial charge on any atom is 0.338 e. The van der Waals surface area contributed by atoms with E-state index in [0.29, 0.717) is 52.8 Å². The Morgan fingerprint density at radius 2 is 1.38 bits per heavy atom. The summed E-state index contributed by atoms with van der Waals surface area (Å²) in [5, 5.41) is 4.93. The molecule has 0 saturated heterocycles. The summed E-state index contributed by atoms with van der Waals surface area (Å²) in [6.07, 6.45) is 0.246. The van der Waals surface area contributed by atoms with E-state index in [0.717, 1.165) is 11.8 Å². The molecule has 0 radical (unpaired) electrons. The van der Waals surface area contributed by atoms with Crippen molar-refractivity contribution < 1.29 is 43.0 Å². The molecule has 0 spiro atoms. The lowest BCUT2D eigenvalue weighted by Crippen LogP contribution is -2.37. The van der Waals surface area contributed by atoms with Crippen LogP contribution in [0.15, 0.2) is 0 Å². The lowest BCUT2D eigenvalue weighted by Gasteiger charge is -2.08. The van der Waals surface area contributed by atoms with Gasteiger partial charge in [-0.1, -0.05) is 11.8 Å². The first-order chi connectivity index (χ1) is 15.5. The first-order valence-electron chi connectivity index (χ1n) is 10.1. The van der Waals surface area contributed by atoms with Gasteiger partial charge in [-0.05, 0) is 0 Å². The second-order valence-electron chi connectivity index (χ2n) is 5.88. The molecule has 0 aromatic rings. The summed E-state index contributed by atoms with van der Waals surface area (Å²) in [7, 11) is 1.52. The van der Waals surface area contributed by atoms with Crippen molar-refractivity contribution in [3.05, 3.63) is 0 Å². The van der Waals surface area contributed by atoms with Gasteiger partial charge in [0.1, 0.15) is 6.54 Å². The molecule has 0 heterocycles. The largest absolute Gasteiger partial charge is 0.379 e. The maximum absolute atomic E-state index is 11.5. The molecule has 13 nitrogen and oxygen atoms in total. The van der Waals surface area contributed by atoms with E-state index >= 15 is 0 Å². The van der Waals surface area contributed by atoms with Crippen molar-refractivity contribution in [1.29, 1.82) is 0 Å². The first-order valence-corrected chi connectivity index (χ1v) is 11.0. The fourth-order valence-electron chi connectivity index (χ4n) is 1.76. The van der Waals surface area contributed by atoms with Gasteiger partial charge >= 0.3 is 5.97 Å². The van der Waals surface area contributed by atoms with E-state index in [4.69, 9.17) is 24.7 Å². The normalized spacial score (nSPS) is 10.6. The van der Waals surface area contributed by atoms with Crippen LogP contribution in [-0.4, -0.2) is 108 Å². The molecular weight excluding hydrogens is 448 g/mol. The standard InChI is InChI=1S/C18H34N4O9S/c1-20-16(24)14-32-18(26)2-4-27-6-8-29-10-11-30-9-7-28-5-3-21-15(23)13-22-31-17(25)12-19/h22H,2-14,19H2,1H3,(H,20,24)(H,21,23). The van der Waals surface area contributed by atoms with Crippen LogP contribution in [-0.2, 0) is 43.0 Å². The van der Waals surface area contributed by atoms with Crippen molar-refractivity contribution in [1.82, 2.24) is 16.1 Å². The fourth-order valence-corrected chi connectivity index (χ4v) is 2.42. The Morgan fingerprint density at radius 3 is 1.94 bits per heavy atom. The van der Waals surface area contributed by atoms with Crippen molar-refractivity contribution in [3.63, 3.8) is 0 Å². The molecule has 0 unspecified atom stereocenters. The minimum Gasteiger partial charge on any atom is -0.379 e. The number of hydrogen-bond acceptors (Lipinski definition) is 12. The molecule has 0 aliphatic heterocycles. The third-order valence-electron chi connectivity index (χ3n) is 3.36. The predicted molar refractivity (Wildman–Crippen MR) is 116 cm³/mol. The lowest BCUT2D eigenvalue weighted by atomic mass is 10.5. The second-order valence-corrected chi connectivity index (χ2v) is 6.92. The SMILES string of the molecule is CNC(=O)CSC(=O)CCOCCOCCOCCOCCNC(=O)CNOC(=O)CN. The van der Waals surface area contributed by atoms with Gasteiger partial charge in [0.05, 0.1) is 65.2 Å². The molecular formula is C18H34N4O9S. The Labute approximate surface area is 191 Å². The number of thioether (sulfide) groups is 1. The number of nitrogens with one attached hydrogen (secondary N) is 3. The number of carbonyl (C=O) groups is 4. The monoisotopic (exact) mass is 482 g/mol. The zero-order valence-electron chi connectivity index (χ0n) is 18.4. The molecule has 5 N–H and O–H groups in total. The summed E-state index contributed by atoms with van der Waals surface area (Å²) in [5.41, 5.74) is 7.24. The van der Waals surface area contributed by atoms with Gasteiger partial charge in [-0.15, -0.1) is 5.48 Å². The van der Waals surface area contributed by atoms with Gasteiger partial charge in [0.25, 0.3) is 0 Å². The van der Waals surface area contributed by atoms with E-state index in [2.05, 4.69) is 21.0 Å². The van der Waals surface area contributed by atoms with E-state index in [9.17, 15) is 19.2 Å². The van der Waals surface area contributed by atoms with Crippen LogP contribution in [0.4, 0.5) is 0 Å². The number of carbonyl (C=O) groups excluding carboxylic acids is 4. The van der Waals surface area contributed by atoms with Gasteiger partial charge in [-0.2, -0.15) is 0 Å². The molecule has 0 aromatic carbocycles. The van der Waals surface area contributed by atoms with Gasteiger partial charge < -0.3 is 40.2 Å². The molecule has 2 amide bonds. The van der Waals surface area contributed by atoms with Crippen LogP contribution in [0.2, 0.25) is 0 Å². The van der Waals surface area contributed by atoms with Crippen LogP contribution in [0.3, 0.4) is 0 Å². The highest BCUT2D eigenvalue weighted by Gasteiger charge is 2.06. The van der Waals surface area contributed by atoms with Crippen LogP contribution in [0.25, 0.3) is 0 Å². The summed E-state index contributed by atoms with van der Waals surface area (Å²) in [6.45, 7) is 2.81. The molecule has 32 heavy (non-hydrogen) atoms. The fraction of sp³-hybridized carbons (Fsp3) is 0.778.